The van der Waals surface area contributed by atoms with Crippen molar-refractivity contribution in [3.63, 3.8) is 0 Å². The number of allylic oxidation sites excluding steroid dienone is 1. The van der Waals surface area contributed by atoms with Crippen molar-refractivity contribution in [1.82, 2.24) is 19.9 Å². The van der Waals surface area contributed by atoms with E-state index in [1.165, 1.54) is 0 Å². The van der Waals surface area contributed by atoms with Crippen LogP contribution in [0, 0.1) is 0 Å². The Morgan fingerprint density at radius 2 is 2.25 bits per heavy atom. The van der Waals surface area contributed by atoms with Gasteiger partial charge in [-0.1, -0.05) is 6.07 Å². The summed E-state index contributed by atoms with van der Waals surface area (Å²) in [6.45, 7) is 3.19. The second kappa shape index (κ2) is 5.99. The van der Waals surface area contributed by atoms with Crippen molar-refractivity contribution in [2.24, 2.45) is 0 Å². The summed E-state index contributed by atoms with van der Waals surface area (Å²) >= 11 is 0. The van der Waals surface area contributed by atoms with Gasteiger partial charge in [0.2, 0.25) is 5.76 Å². The number of carbonyl (C=O) groups excluding carboxylic acids is 1. The van der Waals surface area contributed by atoms with Crippen LogP contribution in [-0.2, 0) is 20.7 Å². The predicted octanol–water partition coefficient (Wildman–Crippen LogP) is 1.56. The molecule has 124 valence electrons. The Morgan fingerprint density at radius 3 is 3.04 bits per heavy atom. The number of aromatic amines is 1. The van der Waals surface area contributed by atoms with Crippen LogP contribution >= 0.6 is 0 Å². The summed E-state index contributed by atoms with van der Waals surface area (Å²) in [6, 6.07) is 3.54. The van der Waals surface area contributed by atoms with Gasteiger partial charge in [0, 0.05) is 31.1 Å². The fourth-order valence-corrected chi connectivity index (χ4v) is 3.22. The van der Waals surface area contributed by atoms with E-state index in [0.29, 0.717) is 25.5 Å². The third kappa shape index (κ3) is 2.42. The number of carbonyl (C=O) groups is 1. The predicted molar refractivity (Wildman–Crippen MR) is 84.7 cm³/mol. The van der Waals surface area contributed by atoms with E-state index in [9.17, 15) is 4.79 Å². The highest BCUT2D eigenvalue weighted by Gasteiger charge is 2.37. The van der Waals surface area contributed by atoms with Gasteiger partial charge in [-0.2, -0.15) is 0 Å². The molecular formula is C17H18N4O3. The zero-order valence-corrected chi connectivity index (χ0v) is 13.4. The molecule has 2 aliphatic rings. The average Bonchev–Trinajstić information content (AvgIpc) is 3.10. The molecule has 7 heteroatoms. The monoisotopic (exact) mass is 326 g/mol. The van der Waals surface area contributed by atoms with Crippen molar-refractivity contribution in [3.05, 3.63) is 59.3 Å². The second-order valence-electron chi connectivity index (χ2n) is 5.79. The minimum Gasteiger partial charge on any atom is -0.491 e. The van der Waals surface area contributed by atoms with Crippen LogP contribution in [0.5, 0.6) is 0 Å². The van der Waals surface area contributed by atoms with E-state index in [1.54, 1.807) is 30.5 Å². The SMILES string of the molecule is CC1=C(C(=O)N2CCc3[nH]cnc3C2c2cccnc2)OCCO1. The first-order chi connectivity index (χ1) is 11.8. The molecule has 2 aromatic heterocycles. The Balaban J connectivity index is 1.75. The third-order valence-corrected chi connectivity index (χ3v) is 4.35. The van der Waals surface area contributed by atoms with Gasteiger partial charge >= 0.3 is 0 Å². The van der Waals surface area contributed by atoms with Crippen molar-refractivity contribution in [2.75, 3.05) is 19.8 Å². The topological polar surface area (TPSA) is 80.3 Å². The highest BCUT2D eigenvalue weighted by atomic mass is 16.6. The van der Waals surface area contributed by atoms with Crippen molar-refractivity contribution in [1.29, 1.82) is 0 Å². The van der Waals surface area contributed by atoms with Gasteiger partial charge in [-0.15, -0.1) is 0 Å². The van der Waals surface area contributed by atoms with Crippen LogP contribution in [0.25, 0.3) is 0 Å². The summed E-state index contributed by atoms with van der Waals surface area (Å²) < 4.78 is 11.0. The number of aromatic nitrogens is 3. The van der Waals surface area contributed by atoms with Crippen LogP contribution in [0.1, 0.15) is 29.9 Å². The molecule has 1 atom stereocenters. The molecule has 1 N–H and O–H groups in total. The largest absolute Gasteiger partial charge is 0.491 e. The van der Waals surface area contributed by atoms with Gasteiger partial charge in [0.05, 0.1) is 12.0 Å². The summed E-state index contributed by atoms with van der Waals surface area (Å²) in [7, 11) is 0. The van der Waals surface area contributed by atoms with Crippen LogP contribution in [0.4, 0.5) is 0 Å². The lowest BCUT2D eigenvalue weighted by Gasteiger charge is -2.36. The van der Waals surface area contributed by atoms with Gasteiger partial charge in [-0.25, -0.2) is 4.98 Å². The van der Waals surface area contributed by atoms with Crippen LogP contribution in [0.15, 0.2) is 42.4 Å². The summed E-state index contributed by atoms with van der Waals surface area (Å²) in [6.07, 6.45) is 5.89. The van der Waals surface area contributed by atoms with Crippen LogP contribution < -0.4 is 0 Å². The highest BCUT2D eigenvalue weighted by Crippen LogP contribution is 2.34. The number of pyridine rings is 1. The zero-order chi connectivity index (χ0) is 16.5. The first-order valence-corrected chi connectivity index (χ1v) is 7.95. The molecule has 7 nitrogen and oxygen atoms in total. The molecule has 0 aliphatic carbocycles. The number of hydrogen-bond acceptors (Lipinski definition) is 5. The molecule has 0 aromatic carbocycles. The molecule has 1 amide bonds. The number of nitrogens with zero attached hydrogens (tertiary/aromatic N) is 3. The number of ether oxygens (including phenoxy) is 2. The van der Waals surface area contributed by atoms with Crippen molar-refractivity contribution >= 4 is 5.91 Å². The summed E-state index contributed by atoms with van der Waals surface area (Å²) in [5.41, 5.74) is 2.84. The van der Waals surface area contributed by atoms with Gasteiger partial charge in [-0.05, 0) is 18.6 Å². The molecular weight excluding hydrogens is 308 g/mol. The van der Waals surface area contributed by atoms with Gasteiger partial charge in [-0.3, -0.25) is 9.78 Å². The maximum atomic E-state index is 13.1. The molecule has 0 fully saturated rings. The molecule has 0 saturated heterocycles. The second-order valence-corrected chi connectivity index (χ2v) is 5.79. The smallest absolute Gasteiger partial charge is 0.293 e. The molecule has 2 aliphatic heterocycles. The molecule has 24 heavy (non-hydrogen) atoms. The quantitative estimate of drug-likeness (QED) is 0.906. The first-order valence-electron chi connectivity index (χ1n) is 7.95. The molecule has 2 aromatic rings. The van der Waals surface area contributed by atoms with E-state index in [0.717, 1.165) is 23.4 Å². The lowest BCUT2D eigenvalue weighted by atomic mass is 9.96. The number of nitrogens with one attached hydrogen (secondary N) is 1. The molecule has 4 rings (SSSR count). The van der Waals surface area contributed by atoms with E-state index < -0.39 is 0 Å². The van der Waals surface area contributed by atoms with Crippen LogP contribution in [0.2, 0.25) is 0 Å². The van der Waals surface area contributed by atoms with Gasteiger partial charge in [0.25, 0.3) is 5.91 Å². The Labute approximate surface area is 139 Å². The Morgan fingerprint density at radius 1 is 1.38 bits per heavy atom. The van der Waals surface area contributed by atoms with Crippen molar-refractivity contribution in [2.45, 2.75) is 19.4 Å². The average molecular weight is 326 g/mol. The maximum Gasteiger partial charge on any atom is 0.293 e. The Bertz CT molecular complexity index is 784. The minimum absolute atomic E-state index is 0.172. The molecule has 0 bridgehead atoms. The number of hydrogen-bond donors (Lipinski definition) is 1. The number of fused-ring (bicyclic) bond motifs is 1. The van der Waals surface area contributed by atoms with E-state index in [-0.39, 0.29) is 17.7 Å². The van der Waals surface area contributed by atoms with E-state index in [4.69, 9.17) is 9.47 Å². The van der Waals surface area contributed by atoms with Crippen LogP contribution in [-0.4, -0.2) is 45.5 Å². The summed E-state index contributed by atoms with van der Waals surface area (Å²) in [5, 5.41) is 0. The zero-order valence-electron chi connectivity index (χ0n) is 13.4. The Kier molecular flexibility index (Phi) is 3.68. The van der Waals surface area contributed by atoms with Crippen molar-refractivity contribution in [3.8, 4) is 0 Å². The Hall–Kier alpha value is -2.83. The normalized spacial score (nSPS) is 20.2. The summed E-state index contributed by atoms with van der Waals surface area (Å²) in [4.78, 5) is 26.7. The molecule has 0 radical (unpaired) electrons. The fourth-order valence-electron chi connectivity index (χ4n) is 3.22. The number of amides is 1. The standard InChI is InChI=1S/C17H18N4O3/c1-11-16(24-8-7-23-11)17(22)21-6-4-13-14(20-10-19-13)15(21)12-3-2-5-18-9-12/h2-3,5,9-10,15H,4,6-8H2,1H3,(H,19,20). The van der Waals surface area contributed by atoms with Crippen LogP contribution in [0.3, 0.4) is 0 Å². The molecule has 0 saturated carbocycles. The molecule has 1 unspecified atom stereocenters. The van der Waals surface area contributed by atoms with E-state index in [2.05, 4.69) is 15.0 Å². The van der Waals surface area contributed by atoms with Gasteiger partial charge < -0.3 is 19.4 Å². The summed E-state index contributed by atoms with van der Waals surface area (Å²) in [5.74, 6) is 0.646. The molecule has 4 heterocycles. The van der Waals surface area contributed by atoms with Crippen molar-refractivity contribution < 1.29 is 14.3 Å². The number of rotatable bonds is 2. The first kappa shape index (κ1) is 14.7. The fraction of sp³-hybridized carbons (Fsp3) is 0.353. The highest BCUT2D eigenvalue weighted by molar-refractivity contribution is 5.92. The molecule has 0 spiro atoms. The number of H-pyrrole nitrogens is 1. The number of imidazole rings is 1. The maximum absolute atomic E-state index is 13.1. The van der Waals surface area contributed by atoms with Gasteiger partial charge in [0.1, 0.15) is 25.0 Å². The third-order valence-electron chi connectivity index (χ3n) is 4.35. The van der Waals surface area contributed by atoms with E-state index >= 15 is 0 Å². The van der Waals surface area contributed by atoms with Gasteiger partial charge in [0.15, 0.2) is 0 Å². The minimum atomic E-state index is -0.285. The van der Waals surface area contributed by atoms with E-state index in [1.807, 2.05) is 12.1 Å². The lowest BCUT2D eigenvalue weighted by molar-refractivity contribution is -0.135. The lowest BCUT2D eigenvalue weighted by Crippen LogP contribution is -2.42.